The van der Waals surface area contributed by atoms with Gasteiger partial charge in [-0.2, -0.15) is 0 Å². The number of amides is 1. The van der Waals surface area contributed by atoms with Gasteiger partial charge in [0.15, 0.2) is 5.67 Å². The zero-order valence-electron chi connectivity index (χ0n) is 7.98. The van der Waals surface area contributed by atoms with Crippen LogP contribution in [0.2, 0.25) is 0 Å². The Bertz CT molecular complexity index is 206. The summed E-state index contributed by atoms with van der Waals surface area (Å²) in [6.07, 6.45) is 3.07. The second-order valence-corrected chi connectivity index (χ2v) is 4.30. The van der Waals surface area contributed by atoms with E-state index in [1.165, 1.54) is 6.92 Å². The zero-order chi connectivity index (χ0) is 10.1. The molecule has 13 heavy (non-hydrogen) atoms. The predicted octanol–water partition coefficient (Wildman–Crippen LogP) is 0.719. The molecule has 0 unspecified atom stereocenters. The summed E-state index contributed by atoms with van der Waals surface area (Å²) in [5, 5.41) is 0. The normalized spacial score (nSPS) is 24.5. The SMILES string of the molecule is C[C@](F)(CC1(CN)CCC1)C(N)=O. The van der Waals surface area contributed by atoms with Gasteiger partial charge in [0.25, 0.3) is 5.91 Å². The first kappa shape index (κ1) is 10.4. The average molecular weight is 188 g/mol. The number of hydrogen-bond acceptors (Lipinski definition) is 2. The van der Waals surface area contributed by atoms with E-state index in [0.29, 0.717) is 6.54 Å². The lowest BCUT2D eigenvalue weighted by Gasteiger charge is -2.43. The second-order valence-electron chi connectivity index (χ2n) is 4.30. The number of alkyl halides is 1. The summed E-state index contributed by atoms with van der Waals surface area (Å²) in [4.78, 5) is 10.8. The van der Waals surface area contributed by atoms with Gasteiger partial charge in [0.1, 0.15) is 0 Å². The number of hydrogen-bond donors (Lipinski definition) is 2. The van der Waals surface area contributed by atoms with Gasteiger partial charge in [0, 0.05) is 0 Å². The minimum Gasteiger partial charge on any atom is -0.367 e. The van der Waals surface area contributed by atoms with Crippen molar-refractivity contribution in [2.75, 3.05) is 6.54 Å². The largest absolute Gasteiger partial charge is 0.367 e. The van der Waals surface area contributed by atoms with Gasteiger partial charge in [-0.1, -0.05) is 6.42 Å². The Kier molecular flexibility index (Phi) is 2.61. The highest BCUT2D eigenvalue weighted by atomic mass is 19.1. The molecular weight excluding hydrogens is 171 g/mol. The molecule has 4 heteroatoms. The van der Waals surface area contributed by atoms with Gasteiger partial charge < -0.3 is 11.5 Å². The van der Waals surface area contributed by atoms with Gasteiger partial charge in [-0.3, -0.25) is 4.79 Å². The number of carbonyl (C=O) groups is 1. The summed E-state index contributed by atoms with van der Waals surface area (Å²) in [7, 11) is 0. The average Bonchev–Trinajstić information content (AvgIpc) is 1.96. The molecule has 1 saturated carbocycles. The minimum atomic E-state index is -1.90. The van der Waals surface area contributed by atoms with Gasteiger partial charge in [0.2, 0.25) is 0 Å². The molecule has 1 aliphatic carbocycles. The third-order valence-electron chi connectivity index (χ3n) is 3.07. The number of halogens is 1. The Labute approximate surface area is 77.7 Å². The third kappa shape index (κ3) is 1.99. The number of rotatable bonds is 4. The van der Waals surface area contributed by atoms with Crippen molar-refractivity contribution < 1.29 is 9.18 Å². The highest BCUT2D eigenvalue weighted by Gasteiger charge is 2.44. The maximum absolute atomic E-state index is 13.6. The van der Waals surface area contributed by atoms with E-state index in [4.69, 9.17) is 11.5 Å². The van der Waals surface area contributed by atoms with Crippen molar-refractivity contribution >= 4 is 5.91 Å². The van der Waals surface area contributed by atoms with Crippen molar-refractivity contribution in [1.29, 1.82) is 0 Å². The molecule has 0 bridgehead atoms. The van der Waals surface area contributed by atoms with Gasteiger partial charge in [-0.25, -0.2) is 4.39 Å². The summed E-state index contributed by atoms with van der Waals surface area (Å²) in [5.74, 6) is -0.882. The van der Waals surface area contributed by atoms with Crippen LogP contribution in [-0.4, -0.2) is 18.1 Å². The van der Waals surface area contributed by atoms with Crippen LogP contribution in [0.1, 0.15) is 32.6 Å². The van der Waals surface area contributed by atoms with Crippen molar-refractivity contribution in [3.8, 4) is 0 Å². The van der Waals surface area contributed by atoms with E-state index in [2.05, 4.69) is 0 Å². The Balaban J connectivity index is 2.60. The molecule has 1 aliphatic rings. The first-order valence-corrected chi connectivity index (χ1v) is 4.61. The minimum absolute atomic E-state index is 0.168. The smallest absolute Gasteiger partial charge is 0.254 e. The zero-order valence-corrected chi connectivity index (χ0v) is 7.98. The van der Waals surface area contributed by atoms with Crippen molar-refractivity contribution in [3.63, 3.8) is 0 Å². The molecule has 76 valence electrons. The van der Waals surface area contributed by atoms with Crippen molar-refractivity contribution in [1.82, 2.24) is 0 Å². The summed E-state index contributed by atoms with van der Waals surface area (Å²) in [5.41, 5.74) is 8.44. The second kappa shape index (κ2) is 3.25. The topological polar surface area (TPSA) is 69.1 Å². The van der Waals surface area contributed by atoms with Crippen molar-refractivity contribution in [3.05, 3.63) is 0 Å². The van der Waals surface area contributed by atoms with Crippen molar-refractivity contribution in [2.45, 2.75) is 38.3 Å². The molecule has 0 aromatic rings. The molecule has 0 saturated heterocycles. The van der Waals surface area contributed by atoms with Gasteiger partial charge in [0.05, 0.1) is 0 Å². The molecule has 0 heterocycles. The van der Waals surface area contributed by atoms with E-state index in [1.54, 1.807) is 0 Å². The Morgan fingerprint density at radius 1 is 1.62 bits per heavy atom. The van der Waals surface area contributed by atoms with Crippen LogP contribution in [0.4, 0.5) is 4.39 Å². The lowest BCUT2D eigenvalue weighted by molar-refractivity contribution is -0.131. The number of nitrogens with two attached hydrogens (primary N) is 2. The maximum Gasteiger partial charge on any atom is 0.254 e. The predicted molar refractivity (Wildman–Crippen MR) is 48.7 cm³/mol. The van der Waals surface area contributed by atoms with E-state index in [9.17, 15) is 9.18 Å². The summed E-state index contributed by atoms with van der Waals surface area (Å²) in [6.45, 7) is 1.69. The number of primary amides is 1. The van der Waals surface area contributed by atoms with E-state index in [1.807, 2.05) is 0 Å². The number of carbonyl (C=O) groups excluding carboxylic acids is 1. The van der Waals surface area contributed by atoms with Crippen LogP contribution in [0.3, 0.4) is 0 Å². The van der Waals surface area contributed by atoms with Crippen LogP contribution in [0.15, 0.2) is 0 Å². The molecule has 0 spiro atoms. The molecule has 0 aromatic heterocycles. The molecular formula is C9H17FN2O. The first-order chi connectivity index (χ1) is 5.92. The monoisotopic (exact) mass is 188 g/mol. The molecule has 1 fully saturated rings. The summed E-state index contributed by atoms with van der Waals surface area (Å²) < 4.78 is 13.6. The van der Waals surface area contributed by atoms with E-state index in [-0.39, 0.29) is 11.8 Å². The fourth-order valence-corrected chi connectivity index (χ4v) is 1.92. The quantitative estimate of drug-likeness (QED) is 0.682. The fourth-order valence-electron chi connectivity index (χ4n) is 1.92. The Hall–Kier alpha value is -0.640. The summed E-state index contributed by atoms with van der Waals surface area (Å²) in [6, 6.07) is 0. The highest BCUT2D eigenvalue weighted by molar-refractivity contribution is 5.82. The van der Waals surface area contributed by atoms with Crippen molar-refractivity contribution in [2.24, 2.45) is 16.9 Å². The molecule has 0 aromatic carbocycles. The molecule has 1 atom stereocenters. The molecule has 1 rings (SSSR count). The standard InChI is InChI=1S/C9H17FN2O/c1-8(10,7(12)13)5-9(6-11)3-2-4-9/h2-6,11H2,1H3,(H2,12,13)/t8-/m0/s1. The Morgan fingerprint density at radius 3 is 2.38 bits per heavy atom. The van der Waals surface area contributed by atoms with E-state index < -0.39 is 11.6 Å². The molecule has 0 aliphatic heterocycles. The first-order valence-electron chi connectivity index (χ1n) is 4.61. The van der Waals surface area contributed by atoms with Crippen LogP contribution in [0, 0.1) is 5.41 Å². The molecule has 0 radical (unpaired) electrons. The lowest BCUT2D eigenvalue weighted by Crippen LogP contribution is -2.47. The molecule has 4 N–H and O–H groups in total. The van der Waals surface area contributed by atoms with Gasteiger partial charge in [-0.05, 0) is 38.1 Å². The van der Waals surface area contributed by atoms with E-state index >= 15 is 0 Å². The van der Waals surface area contributed by atoms with Crippen LogP contribution in [0.5, 0.6) is 0 Å². The third-order valence-corrected chi connectivity index (χ3v) is 3.07. The van der Waals surface area contributed by atoms with Crippen LogP contribution >= 0.6 is 0 Å². The Morgan fingerprint density at radius 2 is 2.15 bits per heavy atom. The summed E-state index contributed by atoms with van der Waals surface area (Å²) >= 11 is 0. The molecule has 1 amide bonds. The van der Waals surface area contributed by atoms with Gasteiger partial charge in [-0.15, -0.1) is 0 Å². The van der Waals surface area contributed by atoms with Crippen LogP contribution in [0.25, 0.3) is 0 Å². The van der Waals surface area contributed by atoms with Crippen LogP contribution in [-0.2, 0) is 4.79 Å². The maximum atomic E-state index is 13.6. The van der Waals surface area contributed by atoms with E-state index in [0.717, 1.165) is 19.3 Å². The van der Waals surface area contributed by atoms with Crippen LogP contribution < -0.4 is 11.5 Å². The fraction of sp³-hybridized carbons (Fsp3) is 0.889. The lowest BCUT2D eigenvalue weighted by atomic mass is 9.64. The highest BCUT2D eigenvalue weighted by Crippen LogP contribution is 2.46. The molecule has 3 nitrogen and oxygen atoms in total. The van der Waals surface area contributed by atoms with Gasteiger partial charge >= 0.3 is 0 Å².